The average molecular weight is 296 g/mol. The Morgan fingerprint density at radius 3 is 2.60 bits per heavy atom. The highest BCUT2D eigenvalue weighted by Gasteiger charge is 2.14. The first-order chi connectivity index (χ1) is 9.47. The van der Waals surface area contributed by atoms with Crippen LogP contribution in [0, 0.1) is 0 Å². The van der Waals surface area contributed by atoms with E-state index >= 15 is 0 Å². The molecule has 20 heavy (non-hydrogen) atoms. The molecule has 2 rings (SSSR count). The van der Waals surface area contributed by atoms with E-state index in [1.54, 1.807) is 12.1 Å². The highest BCUT2D eigenvalue weighted by molar-refractivity contribution is 7.90. The quantitative estimate of drug-likeness (QED) is 0.849. The maximum absolute atomic E-state index is 11.9. The van der Waals surface area contributed by atoms with E-state index in [0.717, 1.165) is 19.2 Å². The van der Waals surface area contributed by atoms with Gasteiger partial charge in [0.2, 0.25) is 0 Å². The van der Waals surface area contributed by atoms with Crippen molar-refractivity contribution in [1.29, 1.82) is 0 Å². The van der Waals surface area contributed by atoms with Crippen molar-refractivity contribution in [3.63, 3.8) is 0 Å². The Hall–Kier alpha value is -1.40. The summed E-state index contributed by atoms with van der Waals surface area (Å²) < 4.78 is 22.7. The normalized spacial score (nSPS) is 18.9. The molecule has 2 N–H and O–H groups in total. The highest BCUT2D eigenvalue weighted by Crippen LogP contribution is 2.11. The molecular formula is C14H20N2O3S. The topological polar surface area (TPSA) is 75.3 Å². The van der Waals surface area contributed by atoms with Crippen LogP contribution in [0.1, 0.15) is 29.6 Å². The summed E-state index contributed by atoms with van der Waals surface area (Å²) in [4.78, 5) is 12.1. The maximum Gasteiger partial charge on any atom is 0.251 e. The molecule has 1 amide bonds. The number of hydrogen-bond donors (Lipinski definition) is 2. The molecule has 0 aliphatic carbocycles. The van der Waals surface area contributed by atoms with Crippen molar-refractivity contribution in [3.05, 3.63) is 29.8 Å². The van der Waals surface area contributed by atoms with Gasteiger partial charge in [-0.1, -0.05) is 0 Å². The summed E-state index contributed by atoms with van der Waals surface area (Å²) >= 11 is 0. The molecule has 1 fully saturated rings. The third-order valence-electron chi connectivity index (χ3n) is 3.49. The summed E-state index contributed by atoms with van der Waals surface area (Å²) in [7, 11) is -3.21. The summed E-state index contributed by atoms with van der Waals surface area (Å²) in [5, 5.41) is 6.23. The zero-order valence-electron chi connectivity index (χ0n) is 11.6. The largest absolute Gasteiger partial charge is 0.352 e. The van der Waals surface area contributed by atoms with Crippen LogP contribution < -0.4 is 10.6 Å². The van der Waals surface area contributed by atoms with Crippen molar-refractivity contribution in [2.45, 2.75) is 30.2 Å². The predicted octanol–water partition coefficient (Wildman–Crippen LogP) is 0.962. The maximum atomic E-state index is 11.9. The molecule has 0 bridgehead atoms. The van der Waals surface area contributed by atoms with E-state index in [1.807, 2.05) is 0 Å². The third kappa shape index (κ3) is 4.05. The number of carbonyl (C=O) groups excluding carboxylic acids is 1. The molecule has 1 aromatic rings. The second-order valence-corrected chi connectivity index (χ2v) is 7.15. The van der Waals surface area contributed by atoms with Gasteiger partial charge in [0.1, 0.15) is 0 Å². The zero-order chi connectivity index (χ0) is 14.6. The zero-order valence-corrected chi connectivity index (χ0v) is 12.4. The lowest BCUT2D eigenvalue weighted by atomic mass is 10.1. The molecule has 1 atom stereocenters. The fourth-order valence-electron chi connectivity index (χ4n) is 2.32. The van der Waals surface area contributed by atoms with Gasteiger partial charge in [-0.2, -0.15) is 0 Å². The lowest BCUT2D eigenvalue weighted by Gasteiger charge is -2.10. The van der Waals surface area contributed by atoms with Gasteiger partial charge in [0.25, 0.3) is 5.91 Å². The van der Waals surface area contributed by atoms with Crippen LogP contribution in [0.2, 0.25) is 0 Å². The number of sulfone groups is 1. The van der Waals surface area contributed by atoms with Crippen LogP contribution in [0.5, 0.6) is 0 Å². The first-order valence-electron chi connectivity index (χ1n) is 6.78. The summed E-state index contributed by atoms with van der Waals surface area (Å²) in [6, 6.07) is 6.51. The Labute approximate surface area is 119 Å². The first kappa shape index (κ1) is 15.0. The van der Waals surface area contributed by atoms with Gasteiger partial charge in [-0.25, -0.2) is 8.42 Å². The van der Waals surface area contributed by atoms with Crippen LogP contribution in [-0.2, 0) is 9.84 Å². The molecule has 0 radical (unpaired) electrons. The van der Waals surface area contributed by atoms with Crippen LogP contribution in [0.3, 0.4) is 0 Å². The number of benzene rings is 1. The summed E-state index contributed by atoms with van der Waals surface area (Å²) in [6.07, 6.45) is 4.44. The molecule has 1 aliphatic rings. The monoisotopic (exact) mass is 296 g/mol. The van der Waals surface area contributed by atoms with E-state index < -0.39 is 9.84 Å². The molecular weight excluding hydrogens is 276 g/mol. The predicted molar refractivity (Wildman–Crippen MR) is 77.5 cm³/mol. The number of amides is 1. The molecule has 6 heteroatoms. The minimum absolute atomic E-state index is 0.164. The lowest BCUT2D eigenvalue weighted by Crippen LogP contribution is -2.30. The number of hydrogen-bond acceptors (Lipinski definition) is 4. The molecule has 0 spiro atoms. The Morgan fingerprint density at radius 2 is 2.05 bits per heavy atom. The minimum atomic E-state index is -3.21. The van der Waals surface area contributed by atoms with Crippen LogP contribution in [-0.4, -0.2) is 39.7 Å². The molecule has 0 saturated carbocycles. The van der Waals surface area contributed by atoms with Gasteiger partial charge in [0.05, 0.1) is 4.90 Å². The standard InChI is InChI=1S/C14H20N2O3S/c1-20(18,19)13-6-4-11(5-7-13)14(17)16-10-8-12-3-2-9-15-12/h4-7,12,15H,2-3,8-10H2,1H3,(H,16,17)/t12-/m0/s1. The molecule has 1 aliphatic heterocycles. The Kier molecular flexibility index (Phi) is 4.77. The second-order valence-electron chi connectivity index (χ2n) is 5.13. The van der Waals surface area contributed by atoms with Gasteiger partial charge < -0.3 is 10.6 Å². The van der Waals surface area contributed by atoms with E-state index in [0.29, 0.717) is 18.2 Å². The van der Waals surface area contributed by atoms with Crippen molar-refractivity contribution in [2.24, 2.45) is 0 Å². The van der Waals surface area contributed by atoms with Gasteiger partial charge in [0.15, 0.2) is 9.84 Å². The minimum Gasteiger partial charge on any atom is -0.352 e. The van der Waals surface area contributed by atoms with Crippen LogP contribution in [0.15, 0.2) is 29.2 Å². The van der Waals surface area contributed by atoms with Crippen molar-refractivity contribution < 1.29 is 13.2 Å². The number of carbonyl (C=O) groups is 1. The fourth-order valence-corrected chi connectivity index (χ4v) is 2.95. The third-order valence-corrected chi connectivity index (χ3v) is 4.61. The SMILES string of the molecule is CS(=O)(=O)c1ccc(C(=O)NCC[C@@H]2CCCN2)cc1. The van der Waals surface area contributed by atoms with Crippen molar-refractivity contribution >= 4 is 15.7 Å². The van der Waals surface area contributed by atoms with Crippen LogP contribution in [0.4, 0.5) is 0 Å². The molecule has 1 saturated heterocycles. The molecule has 0 unspecified atom stereocenters. The average Bonchev–Trinajstić information content (AvgIpc) is 2.91. The molecule has 110 valence electrons. The van der Waals surface area contributed by atoms with Gasteiger partial charge in [-0.3, -0.25) is 4.79 Å². The summed E-state index contributed by atoms with van der Waals surface area (Å²) in [5.74, 6) is -0.164. The Balaban J connectivity index is 1.85. The van der Waals surface area contributed by atoms with E-state index in [2.05, 4.69) is 10.6 Å². The fraction of sp³-hybridized carbons (Fsp3) is 0.500. The van der Waals surface area contributed by atoms with Crippen molar-refractivity contribution in [3.8, 4) is 0 Å². The number of nitrogens with one attached hydrogen (secondary N) is 2. The Bertz CT molecular complexity index is 561. The van der Waals surface area contributed by atoms with Gasteiger partial charge in [-0.15, -0.1) is 0 Å². The van der Waals surface area contributed by atoms with E-state index in [4.69, 9.17) is 0 Å². The number of rotatable bonds is 5. The van der Waals surface area contributed by atoms with E-state index in [9.17, 15) is 13.2 Å². The van der Waals surface area contributed by atoms with Crippen molar-refractivity contribution in [2.75, 3.05) is 19.3 Å². The van der Waals surface area contributed by atoms with Gasteiger partial charge in [-0.05, 0) is 50.1 Å². The summed E-state index contributed by atoms with van der Waals surface area (Å²) in [6.45, 7) is 1.69. The second kappa shape index (κ2) is 6.37. The smallest absolute Gasteiger partial charge is 0.251 e. The van der Waals surface area contributed by atoms with Crippen molar-refractivity contribution in [1.82, 2.24) is 10.6 Å². The van der Waals surface area contributed by atoms with Gasteiger partial charge in [0, 0.05) is 24.4 Å². The van der Waals surface area contributed by atoms with E-state index in [1.165, 1.54) is 25.0 Å². The molecule has 5 nitrogen and oxygen atoms in total. The highest BCUT2D eigenvalue weighted by atomic mass is 32.2. The van der Waals surface area contributed by atoms with Gasteiger partial charge >= 0.3 is 0 Å². The van der Waals surface area contributed by atoms with Crippen LogP contribution >= 0.6 is 0 Å². The Morgan fingerprint density at radius 1 is 1.35 bits per heavy atom. The lowest BCUT2D eigenvalue weighted by molar-refractivity contribution is 0.0952. The van der Waals surface area contributed by atoms with Crippen LogP contribution in [0.25, 0.3) is 0 Å². The molecule has 0 aromatic heterocycles. The van der Waals surface area contributed by atoms with E-state index in [-0.39, 0.29) is 10.8 Å². The molecule has 1 aromatic carbocycles. The molecule has 1 heterocycles. The first-order valence-corrected chi connectivity index (χ1v) is 8.67. The summed E-state index contributed by atoms with van der Waals surface area (Å²) in [5.41, 5.74) is 0.483.